The van der Waals surface area contributed by atoms with Crippen molar-refractivity contribution in [2.45, 2.75) is 19.8 Å². The van der Waals surface area contributed by atoms with Crippen molar-refractivity contribution in [3.8, 4) is 0 Å². The Morgan fingerprint density at radius 1 is 1.33 bits per heavy atom. The number of para-hydroxylation sites is 1. The number of aryl methyl sites for hydroxylation is 2. The number of carbonyl (C=O) groups excluding carboxylic acids is 1. The molecule has 21 heavy (non-hydrogen) atoms. The molecule has 0 aliphatic heterocycles. The molecule has 0 saturated carbocycles. The molecule has 0 saturated heterocycles. The van der Waals surface area contributed by atoms with Crippen LogP contribution in [0.2, 0.25) is 0 Å². The number of nitrogens with two attached hydrogens (primary N) is 1. The SMILES string of the molecule is CCc1nn(C)cc1C(=O)N(CCCN)c1ccccc1. The summed E-state index contributed by atoms with van der Waals surface area (Å²) in [6.45, 7) is 3.17. The third kappa shape index (κ3) is 3.49. The van der Waals surface area contributed by atoms with Gasteiger partial charge in [0.05, 0.1) is 11.3 Å². The predicted molar refractivity (Wildman–Crippen MR) is 84.4 cm³/mol. The molecule has 0 unspecified atom stereocenters. The third-order valence-corrected chi connectivity index (χ3v) is 3.37. The highest BCUT2D eigenvalue weighted by atomic mass is 16.2. The van der Waals surface area contributed by atoms with Gasteiger partial charge in [0.1, 0.15) is 0 Å². The molecule has 0 fully saturated rings. The summed E-state index contributed by atoms with van der Waals surface area (Å²) in [5.41, 5.74) is 7.99. The Bertz CT molecular complexity index is 592. The fourth-order valence-corrected chi connectivity index (χ4v) is 2.32. The fourth-order valence-electron chi connectivity index (χ4n) is 2.32. The van der Waals surface area contributed by atoms with E-state index in [0.29, 0.717) is 18.7 Å². The molecule has 2 aromatic rings. The van der Waals surface area contributed by atoms with Crippen molar-refractivity contribution in [2.75, 3.05) is 18.0 Å². The molecule has 2 rings (SSSR count). The lowest BCUT2D eigenvalue weighted by atomic mass is 10.1. The number of anilines is 1. The van der Waals surface area contributed by atoms with E-state index in [9.17, 15) is 4.79 Å². The van der Waals surface area contributed by atoms with Gasteiger partial charge in [0.2, 0.25) is 0 Å². The molecule has 0 spiro atoms. The molecule has 1 aromatic carbocycles. The van der Waals surface area contributed by atoms with E-state index in [0.717, 1.165) is 24.2 Å². The van der Waals surface area contributed by atoms with Crippen LogP contribution in [0.15, 0.2) is 36.5 Å². The van der Waals surface area contributed by atoms with E-state index in [1.54, 1.807) is 15.8 Å². The van der Waals surface area contributed by atoms with E-state index in [-0.39, 0.29) is 5.91 Å². The molecule has 5 nitrogen and oxygen atoms in total. The molecule has 1 aromatic heterocycles. The van der Waals surface area contributed by atoms with Gasteiger partial charge in [0.25, 0.3) is 5.91 Å². The van der Waals surface area contributed by atoms with Crippen LogP contribution >= 0.6 is 0 Å². The summed E-state index contributed by atoms with van der Waals surface area (Å²) in [4.78, 5) is 14.7. The van der Waals surface area contributed by atoms with Gasteiger partial charge in [0, 0.05) is 25.5 Å². The zero-order chi connectivity index (χ0) is 15.2. The van der Waals surface area contributed by atoms with E-state index in [4.69, 9.17) is 5.73 Å². The first-order valence-electron chi connectivity index (χ1n) is 7.26. The number of rotatable bonds is 6. The highest BCUT2D eigenvalue weighted by molar-refractivity contribution is 6.06. The minimum atomic E-state index is -0.0143. The highest BCUT2D eigenvalue weighted by Gasteiger charge is 2.21. The number of carbonyl (C=O) groups is 1. The van der Waals surface area contributed by atoms with Crippen LogP contribution < -0.4 is 10.6 Å². The molecular weight excluding hydrogens is 264 g/mol. The van der Waals surface area contributed by atoms with E-state index >= 15 is 0 Å². The van der Waals surface area contributed by atoms with Gasteiger partial charge in [-0.2, -0.15) is 5.10 Å². The zero-order valence-electron chi connectivity index (χ0n) is 12.6. The number of aromatic nitrogens is 2. The van der Waals surface area contributed by atoms with Gasteiger partial charge in [0.15, 0.2) is 0 Å². The maximum Gasteiger partial charge on any atom is 0.261 e. The van der Waals surface area contributed by atoms with Crippen molar-refractivity contribution < 1.29 is 4.79 Å². The molecule has 112 valence electrons. The maximum atomic E-state index is 12.9. The first kappa shape index (κ1) is 15.3. The summed E-state index contributed by atoms with van der Waals surface area (Å²) < 4.78 is 1.69. The second-order valence-corrected chi connectivity index (χ2v) is 4.95. The van der Waals surface area contributed by atoms with E-state index in [1.165, 1.54) is 0 Å². The number of amides is 1. The van der Waals surface area contributed by atoms with Crippen molar-refractivity contribution in [1.29, 1.82) is 0 Å². The van der Waals surface area contributed by atoms with Crippen molar-refractivity contribution in [3.63, 3.8) is 0 Å². The Morgan fingerprint density at radius 2 is 2.05 bits per heavy atom. The van der Waals surface area contributed by atoms with E-state index < -0.39 is 0 Å². The van der Waals surface area contributed by atoms with Gasteiger partial charge in [-0.25, -0.2) is 0 Å². The Hall–Kier alpha value is -2.14. The van der Waals surface area contributed by atoms with Crippen LogP contribution in [0.5, 0.6) is 0 Å². The first-order chi connectivity index (χ1) is 10.2. The number of nitrogens with zero attached hydrogens (tertiary/aromatic N) is 3. The van der Waals surface area contributed by atoms with Crippen LogP contribution in [0.4, 0.5) is 5.69 Å². The summed E-state index contributed by atoms with van der Waals surface area (Å²) in [5, 5.41) is 4.35. The second kappa shape index (κ2) is 7.04. The topological polar surface area (TPSA) is 64.2 Å². The normalized spacial score (nSPS) is 10.6. The fraction of sp³-hybridized carbons (Fsp3) is 0.375. The van der Waals surface area contributed by atoms with Crippen LogP contribution in [0.25, 0.3) is 0 Å². The predicted octanol–water partition coefficient (Wildman–Crippen LogP) is 1.98. The lowest BCUT2D eigenvalue weighted by Gasteiger charge is -2.22. The molecule has 5 heteroatoms. The maximum absolute atomic E-state index is 12.9. The molecule has 0 atom stereocenters. The average molecular weight is 286 g/mol. The third-order valence-electron chi connectivity index (χ3n) is 3.37. The quantitative estimate of drug-likeness (QED) is 0.883. The Kier molecular flexibility index (Phi) is 5.11. The van der Waals surface area contributed by atoms with E-state index in [2.05, 4.69) is 5.10 Å². The van der Waals surface area contributed by atoms with Crippen molar-refractivity contribution >= 4 is 11.6 Å². The molecule has 0 radical (unpaired) electrons. The summed E-state index contributed by atoms with van der Waals surface area (Å²) in [6, 6.07) is 9.69. The molecular formula is C16H22N4O. The van der Waals surface area contributed by atoms with Gasteiger partial charge < -0.3 is 10.6 Å². The lowest BCUT2D eigenvalue weighted by molar-refractivity contribution is 0.0986. The average Bonchev–Trinajstić information content (AvgIpc) is 2.89. The minimum absolute atomic E-state index is 0.0143. The van der Waals surface area contributed by atoms with Crippen molar-refractivity contribution in [1.82, 2.24) is 9.78 Å². The van der Waals surface area contributed by atoms with Crippen molar-refractivity contribution in [2.24, 2.45) is 12.8 Å². The highest BCUT2D eigenvalue weighted by Crippen LogP contribution is 2.19. The summed E-state index contributed by atoms with van der Waals surface area (Å²) in [6.07, 6.45) is 3.29. The molecule has 1 heterocycles. The van der Waals surface area contributed by atoms with Gasteiger partial charge in [-0.1, -0.05) is 25.1 Å². The van der Waals surface area contributed by atoms with Crippen LogP contribution in [-0.2, 0) is 13.5 Å². The smallest absolute Gasteiger partial charge is 0.261 e. The van der Waals surface area contributed by atoms with Crippen LogP contribution in [0.1, 0.15) is 29.4 Å². The molecule has 0 bridgehead atoms. The van der Waals surface area contributed by atoms with Crippen LogP contribution in [-0.4, -0.2) is 28.8 Å². The molecule has 2 N–H and O–H groups in total. The molecule has 0 aliphatic rings. The Labute approximate surface area is 125 Å². The standard InChI is InChI=1S/C16H22N4O/c1-3-15-14(12-19(2)18-15)16(21)20(11-7-10-17)13-8-5-4-6-9-13/h4-6,8-9,12H,3,7,10-11,17H2,1-2H3. The Morgan fingerprint density at radius 3 is 2.67 bits per heavy atom. The number of hydrogen-bond donors (Lipinski definition) is 1. The van der Waals surface area contributed by atoms with Gasteiger partial charge in [-0.15, -0.1) is 0 Å². The van der Waals surface area contributed by atoms with Gasteiger partial charge >= 0.3 is 0 Å². The van der Waals surface area contributed by atoms with Gasteiger partial charge in [-0.3, -0.25) is 9.48 Å². The van der Waals surface area contributed by atoms with E-state index in [1.807, 2.05) is 44.3 Å². The number of benzene rings is 1. The van der Waals surface area contributed by atoms with Crippen LogP contribution in [0, 0.1) is 0 Å². The first-order valence-corrected chi connectivity index (χ1v) is 7.26. The molecule has 1 amide bonds. The second-order valence-electron chi connectivity index (χ2n) is 4.95. The summed E-state index contributed by atoms with van der Waals surface area (Å²) in [7, 11) is 1.84. The largest absolute Gasteiger partial charge is 0.330 e. The summed E-state index contributed by atoms with van der Waals surface area (Å²) in [5.74, 6) is -0.0143. The zero-order valence-corrected chi connectivity index (χ0v) is 12.6. The van der Waals surface area contributed by atoms with Gasteiger partial charge in [-0.05, 0) is 31.5 Å². The summed E-state index contributed by atoms with van der Waals surface area (Å²) >= 11 is 0. The minimum Gasteiger partial charge on any atom is -0.330 e. The lowest BCUT2D eigenvalue weighted by Crippen LogP contribution is -2.33. The van der Waals surface area contributed by atoms with Crippen molar-refractivity contribution in [3.05, 3.63) is 47.8 Å². The molecule has 0 aliphatic carbocycles. The monoisotopic (exact) mass is 286 g/mol. The van der Waals surface area contributed by atoms with Crippen LogP contribution in [0.3, 0.4) is 0 Å². The number of hydrogen-bond acceptors (Lipinski definition) is 3. The Balaban J connectivity index is 2.34.